The summed E-state index contributed by atoms with van der Waals surface area (Å²) in [6.45, 7) is 4.55. The largest absolute Gasteiger partial charge is 0.416 e. The molecule has 0 unspecified atom stereocenters. The third kappa shape index (κ3) is 3.29. The van der Waals surface area contributed by atoms with Crippen LogP contribution in [0.5, 0.6) is 0 Å². The highest BCUT2D eigenvalue weighted by atomic mass is 19.4. The summed E-state index contributed by atoms with van der Waals surface area (Å²) in [6.07, 6.45) is -4.34. The van der Waals surface area contributed by atoms with E-state index in [0.717, 1.165) is 12.1 Å². The van der Waals surface area contributed by atoms with Crippen molar-refractivity contribution in [3.63, 3.8) is 0 Å². The van der Waals surface area contributed by atoms with Crippen molar-refractivity contribution in [2.24, 2.45) is 0 Å². The van der Waals surface area contributed by atoms with Gasteiger partial charge in [0.1, 0.15) is 0 Å². The molecule has 0 amide bonds. The van der Waals surface area contributed by atoms with E-state index in [1.54, 1.807) is 0 Å². The summed E-state index contributed by atoms with van der Waals surface area (Å²) in [7, 11) is 0. The molecule has 1 saturated heterocycles. The molecule has 0 radical (unpaired) electrons. The summed E-state index contributed by atoms with van der Waals surface area (Å²) in [5.74, 6) is 0.610. The molecule has 1 aliphatic rings. The average Bonchev–Trinajstić information content (AvgIpc) is 3.13. The molecule has 24 heavy (non-hydrogen) atoms. The minimum absolute atomic E-state index is 0.185. The fourth-order valence-electron chi connectivity index (χ4n) is 2.95. The first-order valence-electron chi connectivity index (χ1n) is 7.70. The maximum absolute atomic E-state index is 12.6. The molecule has 5 nitrogen and oxygen atoms in total. The minimum atomic E-state index is -4.38. The second-order valence-electron chi connectivity index (χ2n) is 6.23. The molecule has 0 aliphatic carbocycles. The maximum Gasteiger partial charge on any atom is 0.416 e. The van der Waals surface area contributed by atoms with Gasteiger partial charge in [-0.2, -0.15) is 18.2 Å². The maximum atomic E-state index is 12.6. The second kappa shape index (κ2) is 6.18. The number of likely N-dealkylation sites (tertiary alicyclic amines) is 1. The number of aliphatic hydroxyl groups is 1. The van der Waals surface area contributed by atoms with Crippen molar-refractivity contribution < 1.29 is 22.8 Å². The van der Waals surface area contributed by atoms with Crippen LogP contribution in [0.25, 0.3) is 11.4 Å². The Morgan fingerprint density at radius 1 is 1.25 bits per heavy atom. The van der Waals surface area contributed by atoms with Crippen molar-refractivity contribution >= 4 is 0 Å². The number of alkyl halides is 3. The third-order valence-electron chi connectivity index (χ3n) is 4.18. The molecular weight excluding hydrogens is 323 g/mol. The van der Waals surface area contributed by atoms with Gasteiger partial charge in [0.15, 0.2) is 0 Å². The first-order valence-corrected chi connectivity index (χ1v) is 7.70. The molecule has 1 aliphatic heterocycles. The number of nitrogens with zero attached hydrogens (tertiary/aromatic N) is 3. The van der Waals surface area contributed by atoms with Crippen LogP contribution in [0.3, 0.4) is 0 Å². The predicted octanol–water partition coefficient (Wildman–Crippen LogP) is 3.27. The Labute approximate surface area is 137 Å². The van der Waals surface area contributed by atoms with Gasteiger partial charge in [-0.3, -0.25) is 4.90 Å². The van der Waals surface area contributed by atoms with Gasteiger partial charge < -0.3 is 9.63 Å². The fourth-order valence-corrected chi connectivity index (χ4v) is 2.95. The first kappa shape index (κ1) is 16.9. The smallest absolute Gasteiger partial charge is 0.392 e. The number of rotatable bonds is 3. The quantitative estimate of drug-likeness (QED) is 0.928. The molecule has 2 aromatic rings. The topological polar surface area (TPSA) is 62.4 Å². The van der Waals surface area contributed by atoms with Crippen molar-refractivity contribution in [2.45, 2.75) is 44.6 Å². The highest BCUT2D eigenvalue weighted by Gasteiger charge is 2.37. The third-order valence-corrected chi connectivity index (χ3v) is 4.18. The van der Waals surface area contributed by atoms with Gasteiger partial charge in [-0.05, 0) is 32.4 Å². The van der Waals surface area contributed by atoms with Crippen LogP contribution in [0.4, 0.5) is 13.2 Å². The molecule has 0 bridgehead atoms. The summed E-state index contributed by atoms with van der Waals surface area (Å²) >= 11 is 0. The lowest BCUT2D eigenvalue weighted by atomic mass is 10.1. The van der Waals surface area contributed by atoms with Gasteiger partial charge in [0.25, 0.3) is 0 Å². The standard InChI is InChI=1S/C16H18F3N3O2/c1-9(2)22-8-12(23)7-13(22)15-20-14(21-24-15)10-3-5-11(6-4-10)16(17,18)19/h3-6,9,12-13,23H,7-8H2,1-2H3/t12-,13+/m1/s1. The summed E-state index contributed by atoms with van der Waals surface area (Å²) in [5.41, 5.74) is -0.271. The van der Waals surface area contributed by atoms with Gasteiger partial charge >= 0.3 is 6.18 Å². The lowest BCUT2D eigenvalue weighted by molar-refractivity contribution is -0.137. The Kier molecular flexibility index (Phi) is 4.35. The van der Waals surface area contributed by atoms with E-state index in [9.17, 15) is 18.3 Å². The number of hydrogen-bond acceptors (Lipinski definition) is 5. The number of hydrogen-bond donors (Lipinski definition) is 1. The molecule has 0 spiro atoms. The Morgan fingerprint density at radius 3 is 2.50 bits per heavy atom. The Morgan fingerprint density at radius 2 is 1.92 bits per heavy atom. The summed E-state index contributed by atoms with van der Waals surface area (Å²) in [5, 5.41) is 13.7. The van der Waals surface area contributed by atoms with Gasteiger partial charge in [-0.25, -0.2) is 0 Å². The lowest BCUT2D eigenvalue weighted by Gasteiger charge is -2.25. The number of aromatic nitrogens is 2. The van der Waals surface area contributed by atoms with Gasteiger partial charge in [0.05, 0.1) is 17.7 Å². The van der Waals surface area contributed by atoms with E-state index in [1.165, 1.54) is 12.1 Å². The molecule has 130 valence electrons. The Balaban J connectivity index is 1.83. The van der Waals surface area contributed by atoms with E-state index in [0.29, 0.717) is 24.4 Å². The summed E-state index contributed by atoms with van der Waals surface area (Å²) in [6, 6.07) is 4.64. The van der Waals surface area contributed by atoms with Crippen LogP contribution in [0, 0.1) is 0 Å². The van der Waals surface area contributed by atoms with E-state index < -0.39 is 17.8 Å². The normalized spacial score (nSPS) is 22.5. The van der Waals surface area contributed by atoms with Crippen LogP contribution in [-0.4, -0.2) is 38.8 Å². The molecular formula is C16H18F3N3O2. The number of halogens is 3. The van der Waals surface area contributed by atoms with Crippen molar-refractivity contribution in [1.82, 2.24) is 15.0 Å². The van der Waals surface area contributed by atoms with E-state index in [-0.39, 0.29) is 17.9 Å². The van der Waals surface area contributed by atoms with Gasteiger partial charge in [-0.15, -0.1) is 0 Å². The molecule has 3 rings (SSSR count). The monoisotopic (exact) mass is 341 g/mol. The van der Waals surface area contributed by atoms with Crippen LogP contribution < -0.4 is 0 Å². The van der Waals surface area contributed by atoms with Crippen LogP contribution in [0.1, 0.15) is 37.8 Å². The van der Waals surface area contributed by atoms with Crippen molar-refractivity contribution in [2.75, 3.05) is 6.54 Å². The SMILES string of the molecule is CC(C)N1C[C@H](O)C[C@H]1c1nc(-c2ccc(C(F)(F)F)cc2)no1. The zero-order valence-corrected chi connectivity index (χ0v) is 13.3. The fraction of sp³-hybridized carbons (Fsp3) is 0.500. The van der Waals surface area contributed by atoms with Gasteiger partial charge in [0, 0.05) is 18.2 Å². The average molecular weight is 341 g/mol. The van der Waals surface area contributed by atoms with Crippen molar-refractivity contribution in [3.05, 3.63) is 35.7 Å². The van der Waals surface area contributed by atoms with E-state index in [4.69, 9.17) is 4.52 Å². The van der Waals surface area contributed by atoms with E-state index >= 15 is 0 Å². The van der Waals surface area contributed by atoms with Gasteiger partial charge in [-0.1, -0.05) is 17.3 Å². The lowest BCUT2D eigenvalue weighted by Crippen LogP contribution is -2.31. The zero-order chi connectivity index (χ0) is 17.5. The second-order valence-corrected chi connectivity index (χ2v) is 6.23. The van der Waals surface area contributed by atoms with Crippen molar-refractivity contribution in [1.29, 1.82) is 0 Å². The highest BCUT2D eigenvalue weighted by Crippen LogP contribution is 2.34. The number of aliphatic hydroxyl groups excluding tert-OH is 1. The first-order chi connectivity index (χ1) is 11.3. The minimum Gasteiger partial charge on any atom is -0.392 e. The predicted molar refractivity (Wildman–Crippen MR) is 79.9 cm³/mol. The summed E-state index contributed by atoms with van der Waals surface area (Å²) < 4.78 is 43.1. The molecule has 1 aromatic carbocycles. The number of benzene rings is 1. The van der Waals surface area contributed by atoms with Crippen LogP contribution in [0.15, 0.2) is 28.8 Å². The van der Waals surface area contributed by atoms with E-state index in [2.05, 4.69) is 15.0 Å². The molecule has 2 atom stereocenters. The summed E-state index contributed by atoms with van der Waals surface area (Å²) in [4.78, 5) is 6.37. The highest BCUT2D eigenvalue weighted by molar-refractivity contribution is 5.54. The van der Waals surface area contributed by atoms with Crippen LogP contribution >= 0.6 is 0 Å². The zero-order valence-electron chi connectivity index (χ0n) is 13.3. The molecule has 0 saturated carbocycles. The molecule has 8 heteroatoms. The molecule has 1 fully saturated rings. The molecule has 2 heterocycles. The Bertz CT molecular complexity index is 697. The van der Waals surface area contributed by atoms with Crippen molar-refractivity contribution in [3.8, 4) is 11.4 Å². The molecule has 1 N–H and O–H groups in total. The van der Waals surface area contributed by atoms with E-state index in [1.807, 2.05) is 13.8 Å². The van der Waals surface area contributed by atoms with Crippen LogP contribution in [0.2, 0.25) is 0 Å². The molecule has 1 aromatic heterocycles. The number of β-amino-alcohol motifs (C(OH)–C–C–N with tert-alkyl or cyclic N) is 1. The van der Waals surface area contributed by atoms with Crippen LogP contribution in [-0.2, 0) is 6.18 Å². The van der Waals surface area contributed by atoms with Gasteiger partial charge in [0.2, 0.25) is 11.7 Å². The Hall–Kier alpha value is -1.93.